The number of rotatable bonds is 4. The lowest BCUT2D eigenvalue weighted by molar-refractivity contribution is -0.376. The Balaban J connectivity index is 0.000000175. The number of carbonyl (C=O) groups is 1. The van der Waals surface area contributed by atoms with E-state index in [9.17, 15) is 49.1 Å². The molecule has 0 fully saturated rings. The number of carbonyl (C=O) groups excluding carboxylic acids is 1. The lowest BCUT2D eigenvalue weighted by atomic mass is 9.92. The summed E-state index contributed by atoms with van der Waals surface area (Å²) in [5.41, 5.74) is 1.40. The van der Waals surface area contributed by atoms with Crippen molar-refractivity contribution in [1.29, 1.82) is 0 Å². The molecule has 8 rings (SSSR count). The van der Waals surface area contributed by atoms with E-state index >= 15 is 0 Å². The first-order chi connectivity index (χ1) is 26.6. The molecule has 10 nitrogen and oxygen atoms in total. The number of sulfone groups is 1. The fourth-order valence-corrected chi connectivity index (χ4v) is 7.07. The number of amides is 1. The molecule has 6 heterocycles. The van der Waals surface area contributed by atoms with Crippen molar-refractivity contribution in [2.24, 2.45) is 15.7 Å². The van der Waals surface area contributed by atoms with E-state index in [1.807, 2.05) is 60.7 Å². The molecule has 57 heavy (non-hydrogen) atoms. The summed E-state index contributed by atoms with van der Waals surface area (Å²) in [5.74, 6) is -1.89. The Morgan fingerprint density at radius 3 is 2.05 bits per heavy atom. The van der Waals surface area contributed by atoms with E-state index < -0.39 is 56.3 Å². The minimum absolute atomic E-state index is 0.0241. The van der Waals surface area contributed by atoms with Gasteiger partial charge in [-0.1, -0.05) is 18.2 Å². The molecule has 1 unspecified atom stereocenters. The Hall–Kier alpha value is -6.27. The summed E-state index contributed by atoms with van der Waals surface area (Å²) in [6.45, 7) is 0. The first kappa shape index (κ1) is 39.0. The van der Waals surface area contributed by atoms with Crippen molar-refractivity contribution in [2.45, 2.75) is 34.8 Å². The first-order valence-electron chi connectivity index (χ1n) is 16.8. The van der Waals surface area contributed by atoms with Gasteiger partial charge >= 0.3 is 12.4 Å². The van der Waals surface area contributed by atoms with Crippen LogP contribution in [0.3, 0.4) is 0 Å². The molecule has 1 amide bonds. The number of hydrogen-bond donors (Lipinski definition) is 4. The van der Waals surface area contributed by atoms with Crippen molar-refractivity contribution < 1.29 is 49.1 Å². The largest absolute Gasteiger partial charge is 0.430 e. The number of fused-ring (bicyclic) bond motifs is 7. The molecule has 4 aliphatic heterocycles. The zero-order valence-electron chi connectivity index (χ0n) is 29.3. The molecular weight excluding hydrogens is 782 g/mol. The molecule has 0 saturated heterocycles. The van der Waals surface area contributed by atoms with Gasteiger partial charge in [-0.25, -0.2) is 22.8 Å². The van der Waals surface area contributed by atoms with Crippen molar-refractivity contribution in [3.8, 4) is 5.69 Å². The van der Waals surface area contributed by atoms with Gasteiger partial charge in [-0.15, -0.1) is 0 Å². The lowest BCUT2D eigenvalue weighted by Crippen LogP contribution is -2.54. The molecule has 0 aliphatic carbocycles. The smallest absolute Gasteiger partial charge is 0.369 e. The van der Waals surface area contributed by atoms with Gasteiger partial charge in [0.25, 0.3) is 5.60 Å². The van der Waals surface area contributed by atoms with Crippen molar-refractivity contribution in [3.05, 3.63) is 143 Å². The number of aliphatic hydroxyl groups is 1. The lowest BCUT2D eigenvalue weighted by Gasteiger charge is -2.32. The highest BCUT2D eigenvalue weighted by Crippen LogP contribution is 2.50. The molecule has 0 spiro atoms. The summed E-state index contributed by atoms with van der Waals surface area (Å²) in [6, 6.07) is 8.95. The van der Waals surface area contributed by atoms with E-state index in [1.165, 1.54) is 30.6 Å². The van der Waals surface area contributed by atoms with Crippen molar-refractivity contribution in [3.63, 3.8) is 0 Å². The van der Waals surface area contributed by atoms with Crippen molar-refractivity contribution in [1.82, 2.24) is 14.9 Å². The van der Waals surface area contributed by atoms with Gasteiger partial charge in [0.2, 0.25) is 5.91 Å². The van der Waals surface area contributed by atoms with E-state index in [2.05, 4.69) is 20.3 Å². The molecule has 0 saturated carbocycles. The van der Waals surface area contributed by atoms with Crippen LogP contribution in [0.5, 0.6) is 0 Å². The van der Waals surface area contributed by atoms with Crippen LogP contribution in [-0.2, 0) is 20.2 Å². The number of halogens is 7. The Morgan fingerprint density at radius 1 is 0.842 bits per heavy atom. The first-order valence-corrected chi connectivity index (χ1v) is 18.7. The number of allylic oxidation sites excluding steroid dienone is 5. The molecular formula is C39H29F7N6O4S. The third-order valence-electron chi connectivity index (χ3n) is 9.36. The molecule has 5 N–H and O–H groups in total. The SMILES string of the molecule is CS(=O)(=O)c1ccc2cn(-c3ccc(C(O)(C(F)(F)F)C(F)(F)F)cc3F)cc2c1.NC(=O)C12C=C3C=CC(=N3)C=c3ccc([nH]3)=CC3=NC(=CC(=CC1)N2)C=C3. The molecule has 0 radical (unpaired) electrons. The highest BCUT2D eigenvalue weighted by atomic mass is 32.2. The van der Waals surface area contributed by atoms with Gasteiger partial charge in [0.15, 0.2) is 9.84 Å². The Morgan fingerprint density at radius 2 is 1.46 bits per heavy atom. The van der Waals surface area contributed by atoms with Crippen LogP contribution >= 0.6 is 0 Å². The molecule has 2 aromatic carbocycles. The summed E-state index contributed by atoms with van der Waals surface area (Å²) in [7, 11) is -3.53. The van der Waals surface area contributed by atoms with E-state index in [1.54, 1.807) is 6.08 Å². The summed E-state index contributed by atoms with van der Waals surface area (Å²) in [6.07, 6.45) is 9.10. The van der Waals surface area contributed by atoms with Crippen molar-refractivity contribution in [2.75, 3.05) is 6.26 Å². The number of nitrogens with two attached hydrogens (primary N) is 1. The number of hydrogen-bond acceptors (Lipinski definition) is 7. The minimum Gasteiger partial charge on any atom is -0.369 e. The highest BCUT2D eigenvalue weighted by Gasteiger charge is 2.71. The minimum atomic E-state index is -6.14. The fourth-order valence-electron chi connectivity index (χ4n) is 6.41. The molecule has 4 aliphatic rings. The van der Waals surface area contributed by atoms with Gasteiger partial charge in [0, 0.05) is 52.4 Å². The second-order valence-corrected chi connectivity index (χ2v) is 15.5. The predicted molar refractivity (Wildman–Crippen MR) is 198 cm³/mol. The number of benzene rings is 2. The van der Waals surface area contributed by atoms with Gasteiger partial charge in [-0.3, -0.25) is 4.79 Å². The van der Waals surface area contributed by atoms with Gasteiger partial charge in [-0.2, -0.15) is 26.3 Å². The zero-order chi connectivity index (χ0) is 41.1. The highest BCUT2D eigenvalue weighted by molar-refractivity contribution is 7.90. The molecule has 1 atom stereocenters. The van der Waals surface area contributed by atoms with E-state index in [0.717, 1.165) is 44.3 Å². The summed E-state index contributed by atoms with van der Waals surface area (Å²) >= 11 is 0. The van der Waals surface area contributed by atoms with Gasteiger partial charge < -0.3 is 25.7 Å². The fraction of sp³-hybridized carbons (Fsp3) is 0.154. The van der Waals surface area contributed by atoms with Gasteiger partial charge in [0.05, 0.1) is 33.4 Å². The maximum absolute atomic E-state index is 14.5. The predicted octanol–water partition coefficient (Wildman–Crippen LogP) is 4.97. The third kappa shape index (κ3) is 7.52. The summed E-state index contributed by atoms with van der Waals surface area (Å²) in [5, 5.41) is 15.4. The van der Waals surface area contributed by atoms with E-state index in [-0.39, 0.29) is 11.0 Å². The number of aromatic amines is 1. The second kappa shape index (κ2) is 13.7. The number of aromatic nitrogens is 2. The van der Waals surface area contributed by atoms with Crippen LogP contribution in [0.25, 0.3) is 28.6 Å². The number of nitrogens with zero attached hydrogens (tertiary/aromatic N) is 3. The quantitative estimate of drug-likeness (QED) is 0.215. The average molecular weight is 811 g/mol. The molecule has 8 bridgehead atoms. The van der Waals surface area contributed by atoms with Crippen molar-refractivity contribution >= 4 is 50.1 Å². The summed E-state index contributed by atoms with van der Waals surface area (Å²) < 4.78 is 117. The van der Waals surface area contributed by atoms with Crippen LogP contribution in [0.15, 0.2) is 135 Å². The number of nitrogens with one attached hydrogen (secondary N) is 2. The van der Waals surface area contributed by atoms with Gasteiger partial charge in [0.1, 0.15) is 11.4 Å². The van der Waals surface area contributed by atoms with E-state index in [4.69, 9.17) is 5.73 Å². The Kier molecular flexibility index (Phi) is 9.39. The van der Waals surface area contributed by atoms with E-state index in [0.29, 0.717) is 35.0 Å². The maximum Gasteiger partial charge on any atom is 0.430 e. The molecule has 4 aromatic rings. The maximum atomic E-state index is 14.5. The van der Waals surface area contributed by atoms with Crippen LogP contribution in [-0.4, -0.2) is 64.6 Å². The van der Waals surface area contributed by atoms with Crippen LogP contribution in [0, 0.1) is 5.82 Å². The third-order valence-corrected chi connectivity index (χ3v) is 10.5. The molecule has 18 heteroatoms. The topological polar surface area (TPSA) is 155 Å². The molecule has 294 valence electrons. The molecule has 2 aromatic heterocycles. The van der Waals surface area contributed by atoms with Crippen LogP contribution in [0.2, 0.25) is 0 Å². The van der Waals surface area contributed by atoms with Crippen LogP contribution < -0.4 is 21.7 Å². The number of primary amides is 1. The zero-order valence-corrected chi connectivity index (χ0v) is 30.1. The number of alkyl halides is 6. The van der Waals surface area contributed by atoms with Crippen LogP contribution in [0.1, 0.15) is 12.0 Å². The summed E-state index contributed by atoms with van der Waals surface area (Å²) in [4.78, 5) is 24.7. The monoisotopic (exact) mass is 810 g/mol. The Labute approximate surface area is 318 Å². The standard InChI is InChI=1S/C21H17N5O.C18H12F7NO3S/c22-20(27)21-8-7-18(26-21)11-17-4-3-14(24-17)9-13-1-2-15(23-13)10-16-5-6-19(12-21)25-16;1-30(28,29)13-4-2-10-8-26(9-11(10)6-13)15-5-3-12(7-14(15)19)16(27,17(20,21)22)18(23,24)25/h1-7,9-12,23,26H,8H2,(H2,22,27);2-9,27H,1H3. The number of H-pyrrole nitrogens is 1. The Bertz CT molecular complexity index is 2810. The van der Waals surface area contributed by atoms with Gasteiger partial charge in [-0.05, 0) is 90.4 Å². The van der Waals surface area contributed by atoms with Crippen LogP contribution in [0.4, 0.5) is 30.7 Å². The number of aliphatic imine (C=N–C) groups is 2. The normalized spacial score (nSPS) is 19.0. The average Bonchev–Trinajstić information content (AvgIpc) is 3.96. The second-order valence-electron chi connectivity index (χ2n) is 13.5.